The highest BCUT2D eigenvalue weighted by Crippen LogP contribution is 2.15. The van der Waals surface area contributed by atoms with Crippen LogP contribution < -0.4 is 10.6 Å². The van der Waals surface area contributed by atoms with Crippen LogP contribution >= 0.6 is 0 Å². The van der Waals surface area contributed by atoms with Gasteiger partial charge in [0.15, 0.2) is 0 Å². The van der Waals surface area contributed by atoms with Crippen molar-refractivity contribution in [1.29, 1.82) is 0 Å². The second-order valence-corrected chi connectivity index (χ2v) is 6.50. The third-order valence-corrected chi connectivity index (χ3v) is 4.14. The number of carbonyl (C=O) groups excluding carboxylic acids is 3. The van der Waals surface area contributed by atoms with Crippen molar-refractivity contribution >= 4 is 29.1 Å². The van der Waals surface area contributed by atoms with Crippen LogP contribution in [0.5, 0.6) is 0 Å². The summed E-state index contributed by atoms with van der Waals surface area (Å²) in [6.07, 6.45) is 3.09. The van der Waals surface area contributed by atoms with Crippen LogP contribution in [0.4, 0.5) is 11.4 Å². The van der Waals surface area contributed by atoms with Crippen LogP contribution in [0.25, 0.3) is 0 Å². The topological polar surface area (TPSA) is 91.4 Å². The average Bonchev–Trinajstić information content (AvgIpc) is 2.74. The molecule has 3 rings (SSSR count). The predicted molar refractivity (Wildman–Crippen MR) is 111 cm³/mol. The first-order chi connectivity index (χ1) is 13.9. The lowest BCUT2D eigenvalue weighted by molar-refractivity contribution is 0.0827. The Labute approximate surface area is 168 Å². The molecule has 7 nitrogen and oxygen atoms in total. The van der Waals surface area contributed by atoms with Crippen molar-refractivity contribution in [2.24, 2.45) is 0 Å². The SMILES string of the molecule is CN(C)C(=O)c1ccc(NC(=O)c2ccc(NC(=O)c3ccncc3)cc2)cc1. The van der Waals surface area contributed by atoms with Crippen molar-refractivity contribution in [2.75, 3.05) is 24.7 Å². The Balaban J connectivity index is 1.62. The van der Waals surface area contributed by atoms with Gasteiger partial charge in [0, 0.05) is 54.6 Å². The molecule has 0 aliphatic rings. The van der Waals surface area contributed by atoms with Crippen molar-refractivity contribution in [2.45, 2.75) is 0 Å². The number of pyridine rings is 1. The Morgan fingerprint density at radius 3 is 1.52 bits per heavy atom. The number of aromatic nitrogens is 1. The molecule has 2 N–H and O–H groups in total. The van der Waals surface area contributed by atoms with E-state index in [-0.39, 0.29) is 17.7 Å². The minimum atomic E-state index is -0.288. The quantitative estimate of drug-likeness (QED) is 0.702. The van der Waals surface area contributed by atoms with Gasteiger partial charge in [-0.05, 0) is 60.7 Å². The normalized spacial score (nSPS) is 10.1. The van der Waals surface area contributed by atoms with Gasteiger partial charge in [0.2, 0.25) is 0 Å². The van der Waals surface area contributed by atoms with E-state index < -0.39 is 0 Å². The average molecular weight is 388 g/mol. The maximum absolute atomic E-state index is 12.4. The van der Waals surface area contributed by atoms with Gasteiger partial charge in [0.25, 0.3) is 17.7 Å². The first-order valence-corrected chi connectivity index (χ1v) is 8.88. The number of nitrogens with zero attached hydrogens (tertiary/aromatic N) is 2. The Bertz CT molecular complexity index is 1010. The van der Waals surface area contributed by atoms with Gasteiger partial charge < -0.3 is 15.5 Å². The molecule has 29 heavy (non-hydrogen) atoms. The molecule has 1 aromatic heterocycles. The van der Waals surface area contributed by atoms with Crippen molar-refractivity contribution in [3.8, 4) is 0 Å². The van der Waals surface area contributed by atoms with Crippen LogP contribution in [0, 0.1) is 0 Å². The zero-order chi connectivity index (χ0) is 20.8. The molecule has 0 saturated heterocycles. The summed E-state index contributed by atoms with van der Waals surface area (Å²) in [4.78, 5) is 41.8. The number of hydrogen-bond donors (Lipinski definition) is 2. The molecule has 3 amide bonds. The van der Waals surface area contributed by atoms with Crippen molar-refractivity contribution in [1.82, 2.24) is 9.88 Å². The molecule has 0 atom stereocenters. The molecule has 7 heteroatoms. The van der Waals surface area contributed by atoms with Crippen molar-refractivity contribution < 1.29 is 14.4 Å². The maximum Gasteiger partial charge on any atom is 0.255 e. The van der Waals surface area contributed by atoms with Gasteiger partial charge in [-0.2, -0.15) is 0 Å². The maximum atomic E-state index is 12.4. The molecule has 0 saturated carbocycles. The number of anilines is 2. The predicted octanol–water partition coefficient (Wildman–Crippen LogP) is 3.29. The molecule has 0 aliphatic heterocycles. The zero-order valence-electron chi connectivity index (χ0n) is 16.0. The largest absolute Gasteiger partial charge is 0.345 e. The van der Waals surface area contributed by atoms with E-state index in [9.17, 15) is 14.4 Å². The number of carbonyl (C=O) groups is 3. The highest BCUT2D eigenvalue weighted by atomic mass is 16.2. The van der Waals surface area contributed by atoms with Crippen LogP contribution in [0.3, 0.4) is 0 Å². The Hall–Kier alpha value is -4.00. The Kier molecular flexibility index (Phi) is 5.99. The molecule has 1 heterocycles. The third-order valence-electron chi connectivity index (χ3n) is 4.14. The van der Waals surface area contributed by atoms with Crippen molar-refractivity contribution in [3.05, 3.63) is 89.7 Å². The van der Waals surface area contributed by atoms with Crippen LogP contribution in [0.2, 0.25) is 0 Å². The Morgan fingerprint density at radius 2 is 1.07 bits per heavy atom. The number of hydrogen-bond acceptors (Lipinski definition) is 4. The summed E-state index contributed by atoms with van der Waals surface area (Å²) in [6, 6.07) is 16.5. The van der Waals surface area contributed by atoms with Crippen LogP contribution in [0.1, 0.15) is 31.1 Å². The summed E-state index contributed by atoms with van der Waals surface area (Å²) in [5, 5.41) is 5.55. The molecule has 0 unspecified atom stereocenters. The van der Waals surface area contributed by atoms with E-state index >= 15 is 0 Å². The number of amides is 3. The van der Waals surface area contributed by atoms with Crippen LogP contribution in [-0.4, -0.2) is 41.7 Å². The lowest BCUT2D eigenvalue weighted by Gasteiger charge is -2.11. The second-order valence-electron chi connectivity index (χ2n) is 6.50. The molecule has 0 fully saturated rings. The van der Waals surface area contributed by atoms with E-state index in [1.807, 2.05) is 0 Å². The summed E-state index contributed by atoms with van der Waals surface area (Å²) in [7, 11) is 3.36. The summed E-state index contributed by atoms with van der Waals surface area (Å²) in [5.74, 6) is -0.645. The molecule has 146 valence electrons. The summed E-state index contributed by atoms with van der Waals surface area (Å²) < 4.78 is 0. The molecule has 0 bridgehead atoms. The van der Waals surface area contributed by atoms with Gasteiger partial charge in [-0.3, -0.25) is 19.4 Å². The molecule has 0 aliphatic carbocycles. The lowest BCUT2D eigenvalue weighted by Crippen LogP contribution is -2.21. The van der Waals surface area contributed by atoms with E-state index in [1.54, 1.807) is 87.2 Å². The summed E-state index contributed by atoms with van der Waals surface area (Å²) in [6.45, 7) is 0. The van der Waals surface area contributed by atoms with Gasteiger partial charge in [-0.15, -0.1) is 0 Å². The van der Waals surface area contributed by atoms with Gasteiger partial charge in [0.1, 0.15) is 0 Å². The van der Waals surface area contributed by atoms with E-state index in [4.69, 9.17) is 0 Å². The van der Waals surface area contributed by atoms with Crippen LogP contribution in [-0.2, 0) is 0 Å². The van der Waals surface area contributed by atoms with Gasteiger partial charge in [0.05, 0.1) is 0 Å². The molecule has 3 aromatic rings. The number of rotatable bonds is 5. The van der Waals surface area contributed by atoms with E-state index in [2.05, 4.69) is 15.6 Å². The van der Waals surface area contributed by atoms with E-state index in [0.29, 0.717) is 28.1 Å². The minimum absolute atomic E-state index is 0.104. The fourth-order valence-electron chi connectivity index (χ4n) is 2.57. The summed E-state index contributed by atoms with van der Waals surface area (Å²) in [5.41, 5.74) is 2.65. The fraction of sp³-hybridized carbons (Fsp3) is 0.0909. The second kappa shape index (κ2) is 8.79. The monoisotopic (exact) mass is 388 g/mol. The van der Waals surface area contributed by atoms with Gasteiger partial charge in [-0.25, -0.2) is 0 Å². The highest BCUT2D eigenvalue weighted by molar-refractivity contribution is 6.06. The standard InChI is InChI=1S/C22H20N4O3/c1-26(2)22(29)17-5-9-19(10-6-17)24-20(27)15-3-7-18(8-4-15)25-21(28)16-11-13-23-14-12-16/h3-14H,1-2H3,(H,24,27)(H,25,28). The molecular weight excluding hydrogens is 368 g/mol. The summed E-state index contributed by atoms with van der Waals surface area (Å²) >= 11 is 0. The number of benzene rings is 2. The van der Waals surface area contributed by atoms with E-state index in [1.165, 1.54) is 4.90 Å². The lowest BCUT2D eigenvalue weighted by atomic mass is 10.1. The molecule has 2 aromatic carbocycles. The third kappa shape index (κ3) is 5.04. The van der Waals surface area contributed by atoms with Crippen LogP contribution in [0.15, 0.2) is 73.1 Å². The van der Waals surface area contributed by atoms with Gasteiger partial charge in [-0.1, -0.05) is 0 Å². The molecule has 0 spiro atoms. The Morgan fingerprint density at radius 1 is 0.655 bits per heavy atom. The first kappa shape index (κ1) is 19.8. The highest BCUT2D eigenvalue weighted by Gasteiger charge is 2.10. The molecular formula is C22H20N4O3. The van der Waals surface area contributed by atoms with E-state index in [0.717, 1.165) is 0 Å². The molecule has 0 radical (unpaired) electrons. The minimum Gasteiger partial charge on any atom is -0.345 e. The number of nitrogens with one attached hydrogen (secondary N) is 2. The fourth-order valence-corrected chi connectivity index (χ4v) is 2.57. The smallest absolute Gasteiger partial charge is 0.255 e. The van der Waals surface area contributed by atoms with Gasteiger partial charge >= 0.3 is 0 Å². The van der Waals surface area contributed by atoms with Crippen molar-refractivity contribution in [3.63, 3.8) is 0 Å². The first-order valence-electron chi connectivity index (χ1n) is 8.88. The zero-order valence-corrected chi connectivity index (χ0v) is 16.0.